The molecule has 0 bridgehead atoms. The van der Waals surface area contributed by atoms with Gasteiger partial charge in [-0.1, -0.05) is 12.8 Å². The van der Waals surface area contributed by atoms with E-state index in [9.17, 15) is 8.78 Å². The Labute approximate surface area is 88.3 Å². The summed E-state index contributed by atoms with van der Waals surface area (Å²) in [4.78, 5) is 0. The zero-order chi connectivity index (χ0) is 10.8. The van der Waals surface area contributed by atoms with E-state index in [0.717, 1.165) is 24.5 Å². The van der Waals surface area contributed by atoms with Crippen LogP contribution in [0, 0.1) is 17.6 Å². The number of benzene rings is 1. The molecule has 1 aliphatic carbocycles. The van der Waals surface area contributed by atoms with Gasteiger partial charge in [0.25, 0.3) is 0 Å². The van der Waals surface area contributed by atoms with Crippen molar-refractivity contribution >= 4 is 0 Å². The molecule has 1 atom stereocenters. The highest BCUT2D eigenvalue weighted by Gasteiger charge is 2.24. The van der Waals surface area contributed by atoms with Crippen LogP contribution >= 0.6 is 0 Å². The summed E-state index contributed by atoms with van der Waals surface area (Å²) in [7, 11) is 0. The number of halogens is 2. The average Bonchev–Trinajstić information content (AvgIpc) is 2.95. The Kier molecular flexibility index (Phi) is 3.00. The summed E-state index contributed by atoms with van der Waals surface area (Å²) in [6.07, 6.45) is 3.83. The van der Waals surface area contributed by atoms with E-state index in [0.29, 0.717) is 12.0 Å². The van der Waals surface area contributed by atoms with Crippen molar-refractivity contribution in [3.63, 3.8) is 0 Å². The predicted octanol–water partition coefficient (Wildman–Crippen LogP) is 2.63. The lowest BCUT2D eigenvalue weighted by Gasteiger charge is -2.11. The molecule has 82 valence electrons. The smallest absolute Gasteiger partial charge is 0.126 e. The number of hydrogen-bond donors (Lipinski definition) is 1. The van der Waals surface area contributed by atoms with Gasteiger partial charge in [-0.05, 0) is 42.5 Å². The topological polar surface area (TPSA) is 26.0 Å². The summed E-state index contributed by atoms with van der Waals surface area (Å²) in [5.74, 6) is -0.0377. The van der Waals surface area contributed by atoms with Crippen LogP contribution in [0.5, 0.6) is 0 Å². The first-order valence-corrected chi connectivity index (χ1v) is 5.34. The molecule has 0 saturated heterocycles. The van der Waals surface area contributed by atoms with Gasteiger partial charge in [0, 0.05) is 6.04 Å². The van der Waals surface area contributed by atoms with Gasteiger partial charge < -0.3 is 5.73 Å². The fourth-order valence-corrected chi connectivity index (χ4v) is 1.85. The van der Waals surface area contributed by atoms with Gasteiger partial charge in [-0.15, -0.1) is 0 Å². The third kappa shape index (κ3) is 2.99. The lowest BCUT2D eigenvalue weighted by Crippen LogP contribution is -2.24. The van der Waals surface area contributed by atoms with Crippen LogP contribution in [0.2, 0.25) is 0 Å². The lowest BCUT2D eigenvalue weighted by molar-refractivity contribution is 0.535. The molecule has 1 nitrogen and oxygen atoms in total. The van der Waals surface area contributed by atoms with E-state index >= 15 is 0 Å². The van der Waals surface area contributed by atoms with Crippen molar-refractivity contribution < 1.29 is 8.78 Å². The Hall–Kier alpha value is -0.960. The van der Waals surface area contributed by atoms with Crippen LogP contribution in [-0.2, 0) is 6.42 Å². The Morgan fingerprint density at radius 1 is 1.33 bits per heavy atom. The molecule has 0 spiro atoms. The maximum atomic E-state index is 13.3. The summed E-state index contributed by atoms with van der Waals surface area (Å²) in [5, 5.41) is 0. The van der Waals surface area contributed by atoms with Crippen molar-refractivity contribution in [3.8, 4) is 0 Å². The van der Waals surface area contributed by atoms with Gasteiger partial charge in [0.05, 0.1) is 0 Å². The van der Waals surface area contributed by atoms with Crippen LogP contribution in [0.15, 0.2) is 18.2 Å². The maximum Gasteiger partial charge on any atom is 0.126 e. The minimum absolute atomic E-state index is 0.0474. The summed E-state index contributed by atoms with van der Waals surface area (Å²) in [6, 6.07) is 3.48. The predicted molar refractivity (Wildman–Crippen MR) is 55.4 cm³/mol. The molecule has 2 rings (SSSR count). The van der Waals surface area contributed by atoms with Gasteiger partial charge in [-0.2, -0.15) is 0 Å². The van der Waals surface area contributed by atoms with Crippen molar-refractivity contribution in [1.29, 1.82) is 0 Å². The minimum atomic E-state index is -0.398. The van der Waals surface area contributed by atoms with Crippen molar-refractivity contribution in [2.45, 2.75) is 31.7 Å². The highest BCUT2D eigenvalue weighted by atomic mass is 19.1. The van der Waals surface area contributed by atoms with E-state index in [1.807, 2.05) is 0 Å². The minimum Gasteiger partial charge on any atom is -0.327 e. The molecule has 1 unspecified atom stereocenters. The molecule has 3 heteroatoms. The Morgan fingerprint density at radius 3 is 2.73 bits per heavy atom. The van der Waals surface area contributed by atoms with Gasteiger partial charge in [0.2, 0.25) is 0 Å². The third-order valence-corrected chi connectivity index (χ3v) is 2.82. The van der Waals surface area contributed by atoms with Crippen LogP contribution in [-0.4, -0.2) is 6.04 Å². The monoisotopic (exact) mass is 211 g/mol. The molecule has 1 fully saturated rings. The summed E-state index contributed by atoms with van der Waals surface area (Å²) < 4.78 is 26.1. The van der Waals surface area contributed by atoms with Gasteiger partial charge in [-0.3, -0.25) is 0 Å². The molecule has 1 saturated carbocycles. The zero-order valence-electron chi connectivity index (χ0n) is 8.55. The first-order chi connectivity index (χ1) is 7.15. The summed E-state index contributed by atoms with van der Waals surface area (Å²) >= 11 is 0. The van der Waals surface area contributed by atoms with E-state index in [-0.39, 0.29) is 11.9 Å². The largest absolute Gasteiger partial charge is 0.327 e. The number of hydrogen-bond acceptors (Lipinski definition) is 1. The van der Waals surface area contributed by atoms with Gasteiger partial charge in [0.15, 0.2) is 0 Å². The molecule has 1 aliphatic rings. The van der Waals surface area contributed by atoms with Crippen LogP contribution in [0.25, 0.3) is 0 Å². The van der Waals surface area contributed by atoms with Crippen LogP contribution < -0.4 is 5.73 Å². The molecular weight excluding hydrogens is 196 g/mol. The van der Waals surface area contributed by atoms with Crippen LogP contribution in [0.3, 0.4) is 0 Å². The summed E-state index contributed by atoms with van der Waals surface area (Å²) in [5.41, 5.74) is 6.27. The second-order valence-corrected chi connectivity index (χ2v) is 4.38. The van der Waals surface area contributed by atoms with E-state index < -0.39 is 5.82 Å². The van der Waals surface area contributed by atoms with Crippen molar-refractivity contribution in [2.75, 3.05) is 0 Å². The number of nitrogens with two attached hydrogens (primary N) is 1. The second-order valence-electron chi connectivity index (χ2n) is 4.38. The third-order valence-electron chi connectivity index (χ3n) is 2.82. The fourth-order valence-electron chi connectivity index (χ4n) is 1.85. The SMILES string of the molecule is NC(Cc1cc(F)ccc1F)CC1CC1. The highest BCUT2D eigenvalue weighted by Crippen LogP contribution is 2.33. The normalized spacial score (nSPS) is 17.8. The molecule has 0 aliphatic heterocycles. The summed E-state index contributed by atoms with van der Waals surface area (Å²) in [6.45, 7) is 0. The quantitative estimate of drug-likeness (QED) is 0.814. The molecule has 1 aromatic carbocycles. The molecule has 15 heavy (non-hydrogen) atoms. The van der Waals surface area contributed by atoms with Crippen LogP contribution in [0.4, 0.5) is 8.78 Å². The molecule has 0 radical (unpaired) electrons. The fraction of sp³-hybridized carbons (Fsp3) is 0.500. The standard InChI is InChI=1S/C12H15F2N/c13-10-3-4-12(14)9(6-10)7-11(15)5-8-1-2-8/h3-4,6,8,11H,1-2,5,7,15H2. The van der Waals surface area contributed by atoms with Crippen LogP contribution in [0.1, 0.15) is 24.8 Å². The first-order valence-electron chi connectivity index (χ1n) is 5.34. The molecule has 0 amide bonds. The zero-order valence-corrected chi connectivity index (χ0v) is 8.55. The van der Waals surface area contributed by atoms with E-state index in [1.54, 1.807) is 0 Å². The first kappa shape index (κ1) is 10.6. The molecule has 0 aromatic heterocycles. The van der Waals surface area contributed by atoms with Gasteiger partial charge in [-0.25, -0.2) is 8.78 Å². The molecule has 0 heterocycles. The molecular formula is C12H15F2N. The Morgan fingerprint density at radius 2 is 2.07 bits per heavy atom. The van der Waals surface area contributed by atoms with E-state index in [1.165, 1.54) is 18.9 Å². The molecule has 2 N–H and O–H groups in total. The Balaban J connectivity index is 1.98. The van der Waals surface area contributed by atoms with Gasteiger partial charge in [0.1, 0.15) is 11.6 Å². The number of rotatable bonds is 4. The maximum absolute atomic E-state index is 13.3. The molecule has 1 aromatic rings. The lowest BCUT2D eigenvalue weighted by atomic mass is 10.0. The van der Waals surface area contributed by atoms with E-state index in [4.69, 9.17) is 5.73 Å². The average molecular weight is 211 g/mol. The second kappa shape index (κ2) is 4.27. The van der Waals surface area contributed by atoms with E-state index in [2.05, 4.69) is 0 Å². The van der Waals surface area contributed by atoms with Gasteiger partial charge >= 0.3 is 0 Å². The Bertz CT molecular complexity index is 347. The highest BCUT2D eigenvalue weighted by molar-refractivity contribution is 5.19. The van der Waals surface area contributed by atoms with Crippen molar-refractivity contribution in [1.82, 2.24) is 0 Å². The van der Waals surface area contributed by atoms with Crippen molar-refractivity contribution in [3.05, 3.63) is 35.4 Å². The van der Waals surface area contributed by atoms with Crippen molar-refractivity contribution in [2.24, 2.45) is 11.7 Å².